The van der Waals surface area contributed by atoms with Gasteiger partial charge in [0.15, 0.2) is 0 Å². The highest BCUT2D eigenvalue weighted by molar-refractivity contribution is 5.99. The van der Waals surface area contributed by atoms with Crippen molar-refractivity contribution in [1.82, 2.24) is 5.43 Å². The number of benzene rings is 2. The Hall–Kier alpha value is -3.15. The molecule has 2 aromatic rings. The van der Waals surface area contributed by atoms with Crippen molar-refractivity contribution in [3.63, 3.8) is 0 Å². The highest BCUT2D eigenvalue weighted by atomic mass is 16.5. The molecular formula is C19H19N3O3. The summed E-state index contributed by atoms with van der Waals surface area (Å²) in [5, 5.41) is 3.97. The van der Waals surface area contributed by atoms with Crippen molar-refractivity contribution in [1.29, 1.82) is 0 Å². The number of hydrogen-bond acceptors (Lipinski definition) is 4. The van der Waals surface area contributed by atoms with Gasteiger partial charge in [-0.2, -0.15) is 5.10 Å². The molecule has 2 aromatic carbocycles. The fraction of sp³-hybridized carbons (Fsp3) is 0.211. The molecule has 0 atom stereocenters. The summed E-state index contributed by atoms with van der Waals surface area (Å²) in [5.41, 5.74) is 4.52. The summed E-state index contributed by atoms with van der Waals surface area (Å²) in [6.45, 7) is 0.692. The number of nitrogens with zero attached hydrogens (tertiary/aromatic N) is 2. The van der Waals surface area contributed by atoms with Gasteiger partial charge in [0, 0.05) is 24.2 Å². The molecular weight excluding hydrogens is 318 g/mol. The highest BCUT2D eigenvalue weighted by Gasteiger charge is 2.22. The van der Waals surface area contributed by atoms with Crippen LogP contribution in [0.25, 0.3) is 0 Å². The Morgan fingerprint density at radius 1 is 1.24 bits per heavy atom. The van der Waals surface area contributed by atoms with Crippen molar-refractivity contribution < 1.29 is 14.3 Å². The third-order valence-electron chi connectivity index (χ3n) is 3.97. The monoisotopic (exact) mass is 337 g/mol. The summed E-state index contributed by atoms with van der Waals surface area (Å²) in [5.74, 6) is 0.486. The molecule has 3 rings (SSSR count). The number of methoxy groups -OCH3 is 1. The molecule has 6 nitrogen and oxygen atoms in total. The molecule has 6 heteroatoms. The zero-order valence-corrected chi connectivity index (χ0v) is 13.9. The second kappa shape index (κ2) is 7.61. The molecule has 0 radical (unpaired) electrons. The number of hydrogen-bond donors (Lipinski definition) is 1. The first-order valence-electron chi connectivity index (χ1n) is 8.05. The lowest BCUT2D eigenvalue weighted by Gasteiger charge is -2.16. The van der Waals surface area contributed by atoms with Gasteiger partial charge in [-0.25, -0.2) is 5.43 Å². The van der Waals surface area contributed by atoms with Crippen molar-refractivity contribution in [2.75, 3.05) is 18.6 Å². The lowest BCUT2D eigenvalue weighted by molar-refractivity contribution is -0.117. The predicted molar refractivity (Wildman–Crippen MR) is 96.1 cm³/mol. The molecule has 0 spiro atoms. The van der Waals surface area contributed by atoms with Crippen molar-refractivity contribution >= 4 is 23.7 Å². The van der Waals surface area contributed by atoms with Gasteiger partial charge < -0.3 is 9.64 Å². The van der Waals surface area contributed by atoms with Gasteiger partial charge in [-0.15, -0.1) is 0 Å². The fourth-order valence-corrected chi connectivity index (χ4v) is 2.69. The highest BCUT2D eigenvalue weighted by Crippen LogP contribution is 2.22. The predicted octanol–water partition coefficient (Wildman–Crippen LogP) is 2.59. The van der Waals surface area contributed by atoms with Crippen LogP contribution in [0.1, 0.15) is 28.8 Å². The number of anilines is 1. The van der Waals surface area contributed by atoms with E-state index >= 15 is 0 Å². The molecule has 0 aliphatic carbocycles. The van der Waals surface area contributed by atoms with Gasteiger partial charge in [0.05, 0.1) is 13.3 Å². The summed E-state index contributed by atoms with van der Waals surface area (Å²) >= 11 is 0. The summed E-state index contributed by atoms with van der Waals surface area (Å²) in [6, 6.07) is 14.4. The third kappa shape index (κ3) is 4.03. The average molecular weight is 337 g/mol. The summed E-state index contributed by atoms with van der Waals surface area (Å²) < 4.78 is 5.14. The van der Waals surface area contributed by atoms with Crippen LogP contribution in [0.15, 0.2) is 53.6 Å². The quantitative estimate of drug-likeness (QED) is 0.673. The molecule has 0 aromatic heterocycles. The molecule has 1 N–H and O–H groups in total. The van der Waals surface area contributed by atoms with Gasteiger partial charge in [-0.05, 0) is 42.3 Å². The van der Waals surface area contributed by atoms with E-state index in [9.17, 15) is 9.59 Å². The minimum absolute atomic E-state index is 0.0913. The molecule has 0 bridgehead atoms. The van der Waals surface area contributed by atoms with Crippen LogP contribution < -0.4 is 15.1 Å². The Morgan fingerprint density at radius 3 is 2.84 bits per heavy atom. The Morgan fingerprint density at radius 2 is 2.08 bits per heavy atom. The first kappa shape index (κ1) is 16.7. The summed E-state index contributed by atoms with van der Waals surface area (Å²) in [6.07, 6.45) is 2.95. The number of carbonyl (C=O) groups is 2. The molecule has 1 heterocycles. The maximum absolute atomic E-state index is 12.3. The van der Waals surface area contributed by atoms with Gasteiger partial charge in [0.2, 0.25) is 5.91 Å². The summed E-state index contributed by atoms with van der Waals surface area (Å²) in [7, 11) is 1.59. The van der Waals surface area contributed by atoms with Crippen LogP contribution in [0.2, 0.25) is 0 Å². The second-order valence-corrected chi connectivity index (χ2v) is 5.67. The van der Waals surface area contributed by atoms with Crippen LogP contribution in [-0.2, 0) is 4.79 Å². The molecule has 1 aliphatic heterocycles. The van der Waals surface area contributed by atoms with E-state index in [4.69, 9.17) is 4.74 Å². The van der Waals surface area contributed by atoms with Gasteiger partial charge in [0.25, 0.3) is 5.91 Å². The smallest absolute Gasteiger partial charge is 0.271 e. The Labute approximate surface area is 146 Å². The van der Waals surface area contributed by atoms with E-state index in [2.05, 4.69) is 10.5 Å². The van der Waals surface area contributed by atoms with E-state index in [0.717, 1.165) is 23.4 Å². The van der Waals surface area contributed by atoms with E-state index in [1.807, 2.05) is 30.3 Å². The van der Waals surface area contributed by atoms with Crippen LogP contribution in [0.4, 0.5) is 5.69 Å². The third-order valence-corrected chi connectivity index (χ3v) is 3.97. The van der Waals surface area contributed by atoms with E-state index in [1.54, 1.807) is 36.4 Å². The number of ether oxygens (including phenoxy) is 1. The molecule has 128 valence electrons. The number of nitrogens with one attached hydrogen (secondary N) is 1. The molecule has 0 saturated carbocycles. The topological polar surface area (TPSA) is 71.0 Å². The number of amides is 2. The van der Waals surface area contributed by atoms with Crippen LogP contribution >= 0.6 is 0 Å². The second-order valence-electron chi connectivity index (χ2n) is 5.67. The first-order valence-corrected chi connectivity index (χ1v) is 8.05. The van der Waals surface area contributed by atoms with Crippen LogP contribution in [0.5, 0.6) is 5.75 Å². The standard InChI is InChI=1S/C19H19N3O3/c1-25-17-8-2-5-14(11-17)13-20-21-19(24)15-6-3-7-16(12-15)22-10-4-9-18(22)23/h2-3,5-8,11-13H,4,9-10H2,1H3,(H,21,24)/b20-13-. The zero-order chi connectivity index (χ0) is 17.6. The summed E-state index contributed by atoms with van der Waals surface area (Å²) in [4.78, 5) is 25.8. The molecule has 1 aliphatic rings. The molecule has 1 fully saturated rings. The number of rotatable bonds is 5. The zero-order valence-electron chi connectivity index (χ0n) is 13.9. The minimum atomic E-state index is -0.326. The molecule has 2 amide bonds. The Kier molecular flexibility index (Phi) is 5.09. The first-order chi connectivity index (χ1) is 12.2. The van der Waals surface area contributed by atoms with Crippen LogP contribution in [-0.4, -0.2) is 31.7 Å². The van der Waals surface area contributed by atoms with E-state index in [1.165, 1.54) is 0 Å². The van der Waals surface area contributed by atoms with Crippen LogP contribution in [0.3, 0.4) is 0 Å². The van der Waals surface area contributed by atoms with Crippen molar-refractivity contribution in [2.24, 2.45) is 5.10 Å². The van der Waals surface area contributed by atoms with E-state index < -0.39 is 0 Å². The van der Waals surface area contributed by atoms with E-state index in [0.29, 0.717) is 18.5 Å². The van der Waals surface area contributed by atoms with Crippen molar-refractivity contribution in [3.05, 3.63) is 59.7 Å². The normalized spacial score (nSPS) is 14.1. The SMILES string of the molecule is COc1cccc(/C=N\NC(=O)c2cccc(N3CCCC3=O)c2)c1. The van der Waals surface area contributed by atoms with Crippen LogP contribution in [0, 0.1) is 0 Å². The van der Waals surface area contributed by atoms with Gasteiger partial charge in [0.1, 0.15) is 5.75 Å². The maximum Gasteiger partial charge on any atom is 0.271 e. The molecule has 25 heavy (non-hydrogen) atoms. The Balaban J connectivity index is 1.67. The maximum atomic E-state index is 12.3. The number of carbonyl (C=O) groups excluding carboxylic acids is 2. The van der Waals surface area contributed by atoms with Crippen molar-refractivity contribution in [3.8, 4) is 5.75 Å². The largest absolute Gasteiger partial charge is 0.497 e. The van der Waals surface area contributed by atoms with Gasteiger partial charge in [-0.1, -0.05) is 18.2 Å². The lowest BCUT2D eigenvalue weighted by Crippen LogP contribution is -2.24. The average Bonchev–Trinajstić information content (AvgIpc) is 3.08. The van der Waals surface area contributed by atoms with Gasteiger partial charge >= 0.3 is 0 Å². The molecule has 1 saturated heterocycles. The van der Waals surface area contributed by atoms with E-state index in [-0.39, 0.29) is 11.8 Å². The van der Waals surface area contributed by atoms with Gasteiger partial charge in [-0.3, -0.25) is 9.59 Å². The Bertz CT molecular complexity index is 817. The molecule has 0 unspecified atom stereocenters. The minimum Gasteiger partial charge on any atom is -0.497 e. The fourth-order valence-electron chi connectivity index (χ4n) is 2.69. The lowest BCUT2D eigenvalue weighted by atomic mass is 10.2. The van der Waals surface area contributed by atoms with Crippen molar-refractivity contribution in [2.45, 2.75) is 12.8 Å². The number of hydrazone groups is 1.